The van der Waals surface area contributed by atoms with Crippen molar-refractivity contribution < 1.29 is 4.74 Å². The van der Waals surface area contributed by atoms with E-state index in [-0.39, 0.29) is 0 Å². The summed E-state index contributed by atoms with van der Waals surface area (Å²) in [6, 6.07) is 4.29. The Morgan fingerprint density at radius 1 is 1.25 bits per heavy atom. The standard InChI is InChI=1S/C13H18N2O/c1-9-6-10(2)13(11(3)7-9)16-8-12-14-4-5-15-12/h6-7H,4-5,8H2,1-3H3,(H,14,15). The van der Waals surface area contributed by atoms with Gasteiger partial charge in [-0.05, 0) is 31.9 Å². The molecular weight excluding hydrogens is 200 g/mol. The highest BCUT2D eigenvalue weighted by molar-refractivity contribution is 5.85. The summed E-state index contributed by atoms with van der Waals surface area (Å²) < 4.78 is 5.81. The van der Waals surface area contributed by atoms with Crippen molar-refractivity contribution in [2.45, 2.75) is 20.8 Å². The molecule has 0 fully saturated rings. The van der Waals surface area contributed by atoms with Crippen molar-refractivity contribution in [2.24, 2.45) is 4.99 Å². The molecule has 3 nitrogen and oxygen atoms in total. The molecule has 1 aliphatic heterocycles. The number of rotatable bonds is 3. The monoisotopic (exact) mass is 218 g/mol. The van der Waals surface area contributed by atoms with Crippen LogP contribution in [0.15, 0.2) is 17.1 Å². The van der Waals surface area contributed by atoms with Crippen molar-refractivity contribution in [2.75, 3.05) is 19.7 Å². The fourth-order valence-corrected chi connectivity index (χ4v) is 2.08. The topological polar surface area (TPSA) is 33.6 Å². The molecule has 0 spiro atoms. The number of amidine groups is 1. The summed E-state index contributed by atoms with van der Waals surface area (Å²) >= 11 is 0. The van der Waals surface area contributed by atoms with Crippen LogP contribution in [0.2, 0.25) is 0 Å². The Balaban J connectivity index is 2.09. The van der Waals surface area contributed by atoms with E-state index in [1.807, 2.05) is 0 Å². The van der Waals surface area contributed by atoms with Crippen LogP contribution in [0.4, 0.5) is 0 Å². The fourth-order valence-electron chi connectivity index (χ4n) is 2.08. The molecule has 0 saturated heterocycles. The lowest BCUT2D eigenvalue weighted by Crippen LogP contribution is -2.25. The number of aryl methyl sites for hydroxylation is 3. The third kappa shape index (κ3) is 2.35. The van der Waals surface area contributed by atoms with Crippen LogP contribution in [0.1, 0.15) is 16.7 Å². The predicted octanol–water partition coefficient (Wildman–Crippen LogP) is 1.99. The zero-order chi connectivity index (χ0) is 11.5. The maximum absolute atomic E-state index is 5.81. The lowest BCUT2D eigenvalue weighted by atomic mass is 10.1. The molecule has 0 atom stereocenters. The summed E-state index contributed by atoms with van der Waals surface area (Å²) in [4.78, 5) is 4.31. The number of benzene rings is 1. The molecule has 0 aliphatic carbocycles. The van der Waals surface area contributed by atoms with Crippen LogP contribution in [0.5, 0.6) is 5.75 Å². The molecule has 0 saturated carbocycles. The molecule has 86 valence electrons. The molecule has 0 aromatic heterocycles. The van der Waals surface area contributed by atoms with E-state index in [4.69, 9.17) is 4.74 Å². The highest BCUT2D eigenvalue weighted by Gasteiger charge is 2.09. The van der Waals surface area contributed by atoms with Gasteiger partial charge >= 0.3 is 0 Å². The second-order valence-corrected chi connectivity index (χ2v) is 4.27. The van der Waals surface area contributed by atoms with Gasteiger partial charge in [-0.3, -0.25) is 4.99 Å². The molecule has 3 heteroatoms. The van der Waals surface area contributed by atoms with Gasteiger partial charge in [0.2, 0.25) is 0 Å². The number of aliphatic imine (C=N–C) groups is 1. The van der Waals surface area contributed by atoms with E-state index in [0.29, 0.717) is 6.61 Å². The van der Waals surface area contributed by atoms with Gasteiger partial charge in [0.05, 0.1) is 6.54 Å². The summed E-state index contributed by atoms with van der Waals surface area (Å²) in [7, 11) is 0. The second-order valence-electron chi connectivity index (χ2n) is 4.27. The van der Waals surface area contributed by atoms with Crippen LogP contribution >= 0.6 is 0 Å². The molecule has 1 aromatic carbocycles. The first-order chi connectivity index (χ1) is 7.66. The minimum Gasteiger partial charge on any atom is -0.485 e. The van der Waals surface area contributed by atoms with E-state index in [1.165, 1.54) is 16.7 Å². The van der Waals surface area contributed by atoms with Gasteiger partial charge < -0.3 is 10.1 Å². The number of nitrogens with zero attached hydrogens (tertiary/aromatic N) is 1. The SMILES string of the molecule is Cc1cc(C)c(OCC2=NCCN2)c(C)c1. The van der Waals surface area contributed by atoms with Crippen molar-refractivity contribution in [3.8, 4) is 5.75 Å². The van der Waals surface area contributed by atoms with E-state index in [1.54, 1.807) is 0 Å². The minimum atomic E-state index is 0.546. The van der Waals surface area contributed by atoms with Gasteiger partial charge in [0.25, 0.3) is 0 Å². The number of hydrogen-bond donors (Lipinski definition) is 1. The van der Waals surface area contributed by atoms with E-state index in [0.717, 1.165) is 24.7 Å². The number of hydrogen-bond acceptors (Lipinski definition) is 3. The van der Waals surface area contributed by atoms with Crippen LogP contribution in [0.3, 0.4) is 0 Å². The number of ether oxygens (including phenoxy) is 1. The Morgan fingerprint density at radius 2 is 1.94 bits per heavy atom. The first-order valence-corrected chi connectivity index (χ1v) is 5.64. The van der Waals surface area contributed by atoms with Gasteiger partial charge in [-0.1, -0.05) is 17.7 Å². The summed E-state index contributed by atoms with van der Waals surface area (Å²) in [5.74, 6) is 1.95. The first-order valence-electron chi connectivity index (χ1n) is 5.64. The smallest absolute Gasteiger partial charge is 0.145 e. The van der Waals surface area contributed by atoms with Crippen LogP contribution in [0.25, 0.3) is 0 Å². The zero-order valence-electron chi connectivity index (χ0n) is 10.1. The Kier molecular flexibility index (Phi) is 3.13. The predicted molar refractivity (Wildman–Crippen MR) is 66.5 cm³/mol. The summed E-state index contributed by atoms with van der Waals surface area (Å²) in [6.45, 7) is 8.62. The van der Waals surface area contributed by atoms with Crippen LogP contribution in [0, 0.1) is 20.8 Å². The molecule has 1 aliphatic rings. The molecule has 1 aromatic rings. The molecule has 1 heterocycles. The molecule has 2 rings (SSSR count). The summed E-state index contributed by atoms with van der Waals surface area (Å²) in [5.41, 5.74) is 3.66. The molecule has 16 heavy (non-hydrogen) atoms. The number of nitrogens with one attached hydrogen (secondary N) is 1. The lowest BCUT2D eigenvalue weighted by Gasteiger charge is -2.13. The maximum Gasteiger partial charge on any atom is 0.145 e. The van der Waals surface area contributed by atoms with Gasteiger partial charge in [0, 0.05) is 6.54 Å². The Morgan fingerprint density at radius 3 is 2.50 bits per heavy atom. The largest absolute Gasteiger partial charge is 0.485 e. The summed E-state index contributed by atoms with van der Waals surface area (Å²) in [6.07, 6.45) is 0. The van der Waals surface area contributed by atoms with Crippen molar-refractivity contribution in [1.82, 2.24) is 5.32 Å². The van der Waals surface area contributed by atoms with Gasteiger partial charge in [-0.25, -0.2) is 0 Å². The van der Waals surface area contributed by atoms with Crippen molar-refractivity contribution in [3.05, 3.63) is 28.8 Å². The van der Waals surface area contributed by atoms with E-state index >= 15 is 0 Å². The highest BCUT2D eigenvalue weighted by atomic mass is 16.5. The average Bonchev–Trinajstić information content (AvgIpc) is 2.68. The maximum atomic E-state index is 5.81. The molecule has 1 N–H and O–H groups in total. The van der Waals surface area contributed by atoms with E-state index in [9.17, 15) is 0 Å². The average molecular weight is 218 g/mol. The van der Waals surface area contributed by atoms with Gasteiger partial charge in [0.15, 0.2) is 0 Å². The van der Waals surface area contributed by atoms with Gasteiger partial charge in [-0.15, -0.1) is 0 Å². The lowest BCUT2D eigenvalue weighted by molar-refractivity contribution is 0.368. The molecule has 0 amide bonds. The van der Waals surface area contributed by atoms with Crippen molar-refractivity contribution >= 4 is 5.84 Å². The van der Waals surface area contributed by atoms with Crippen LogP contribution in [-0.2, 0) is 0 Å². The quantitative estimate of drug-likeness (QED) is 0.841. The first kappa shape index (κ1) is 11.0. The second kappa shape index (κ2) is 4.56. The Bertz CT molecular complexity index is 401. The van der Waals surface area contributed by atoms with Gasteiger partial charge in [0.1, 0.15) is 18.2 Å². The van der Waals surface area contributed by atoms with E-state index in [2.05, 4.69) is 43.2 Å². The van der Waals surface area contributed by atoms with Gasteiger partial charge in [-0.2, -0.15) is 0 Å². The molecule has 0 unspecified atom stereocenters. The highest BCUT2D eigenvalue weighted by Crippen LogP contribution is 2.24. The third-order valence-corrected chi connectivity index (χ3v) is 2.70. The zero-order valence-corrected chi connectivity index (χ0v) is 10.1. The van der Waals surface area contributed by atoms with Crippen molar-refractivity contribution in [1.29, 1.82) is 0 Å². The third-order valence-electron chi connectivity index (χ3n) is 2.70. The molecular formula is C13H18N2O. The fraction of sp³-hybridized carbons (Fsp3) is 0.462. The normalized spacial score (nSPS) is 14.6. The van der Waals surface area contributed by atoms with Crippen LogP contribution < -0.4 is 10.1 Å². The molecule has 0 bridgehead atoms. The van der Waals surface area contributed by atoms with Crippen LogP contribution in [-0.4, -0.2) is 25.5 Å². The molecule has 0 radical (unpaired) electrons. The Labute approximate surface area is 96.5 Å². The van der Waals surface area contributed by atoms with E-state index < -0.39 is 0 Å². The minimum absolute atomic E-state index is 0.546. The van der Waals surface area contributed by atoms with Crippen molar-refractivity contribution in [3.63, 3.8) is 0 Å². The Hall–Kier alpha value is -1.51. The summed E-state index contributed by atoms with van der Waals surface area (Å²) in [5, 5.41) is 3.20.